The largest absolute Gasteiger partial charge is 0.480 e. The number of guanidine groups is 1. The average Bonchev–Trinajstić information content (AvgIpc) is 3.62. The van der Waals surface area contributed by atoms with Gasteiger partial charge in [0.05, 0.1) is 6.54 Å². The van der Waals surface area contributed by atoms with E-state index in [2.05, 4.69) is 22.9 Å². The standard InChI is InChI=1S/C18H37NO2.C6H14N4O2.C5H10N2O3.C5H9NO2/c1-2-3-4-5-6-7-8-9-10-11-12-13-14-15-16-19-17-18(20)21;7-4(5(11)12)2-1-3-10-6(8)9;6-3(5(9)10)1-2-4(7)8;7-5(8)4-2-1-3-6-4/h19H,2-17H2,1H3,(H,20,21);4H,1-3,7H2,(H,11,12)(H4,8,9,10);3H,1-2,6H2,(H2,7,8)(H,9,10);4,6H,1-3H2,(H,7,8)/t;;;4-/m...0/s1. The molecule has 0 bridgehead atoms. The van der Waals surface area contributed by atoms with Crippen LogP contribution in [0, 0.1) is 5.41 Å². The monoisotopic (exact) mass is 735 g/mol. The molecule has 17 nitrogen and oxygen atoms in total. The molecule has 2 unspecified atom stereocenters. The number of hydrogen-bond acceptors (Lipinski definition) is 10. The van der Waals surface area contributed by atoms with Crippen LogP contribution in [0.4, 0.5) is 0 Å². The minimum atomic E-state index is -1.11. The summed E-state index contributed by atoms with van der Waals surface area (Å²) in [6.07, 6.45) is 21.9. The summed E-state index contributed by atoms with van der Waals surface area (Å²) in [6, 6.07) is -2.07. The molecule has 16 N–H and O–H groups in total. The Bertz CT molecular complexity index is 922. The number of nitrogens with two attached hydrogens (primary N) is 4. The van der Waals surface area contributed by atoms with Crippen LogP contribution in [-0.2, 0) is 24.0 Å². The molecular formula is C34H70N8O9. The summed E-state index contributed by atoms with van der Waals surface area (Å²) < 4.78 is 0. The first-order valence-electron chi connectivity index (χ1n) is 18.4. The van der Waals surface area contributed by atoms with E-state index in [9.17, 15) is 24.0 Å². The zero-order chi connectivity index (χ0) is 39.3. The predicted molar refractivity (Wildman–Crippen MR) is 198 cm³/mol. The van der Waals surface area contributed by atoms with Crippen LogP contribution in [0.15, 0.2) is 0 Å². The highest BCUT2D eigenvalue weighted by Gasteiger charge is 2.20. The van der Waals surface area contributed by atoms with Gasteiger partial charge in [0, 0.05) is 13.0 Å². The number of hydrogen-bond donors (Lipinski definition) is 12. The minimum Gasteiger partial charge on any atom is -0.480 e. The van der Waals surface area contributed by atoms with Crippen molar-refractivity contribution in [2.24, 2.45) is 22.9 Å². The number of carbonyl (C=O) groups is 5. The Hall–Kier alpha value is -3.54. The van der Waals surface area contributed by atoms with E-state index in [0.717, 1.165) is 32.4 Å². The number of carboxylic acids is 4. The average molecular weight is 735 g/mol. The van der Waals surface area contributed by atoms with Crippen molar-refractivity contribution in [3.63, 3.8) is 0 Å². The highest BCUT2D eigenvalue weighted by atomic mass is 16.4. The first-order valence-corrected chi connectivity index (χ1v) is 18.4. The lowest BCUT2D eigenvalue weighted by Gasteiger charge is -2.06. The second-order valence-corrected chi connectivity index (χ2v) is 12.5. The molecule has 0 saturated carbocycles. The number of carbonyl (C=O) groups excluding carboxylic acids is 1. The fourth-order valence-corrected chi connectivity index (χ4v) is 4.62. The molecular weight excluding hydrogens is 664 g/mol. The second-order valence-electron chi connectivity index (χ2n) is 12.5. The van der Waals surface area contributed by atoms with Gasteiger partial charge >= 0.3 is 23.9 Å². The van der Waals surface area contributed by atoms with Crippen molar-refractivity contribution in [1.82, 2.24) is 16.0 Å². The van der Waals surface area contributed by atoms with Gasteiger partial charge in [-0.05, 0) is 51.6 Å². The molecule has 300 valence electrons. The van der Waals surface area contributed by atoms with E-state index in [0.29, 0.717) is 19.4 Å². The summed E-state index contributed by atoms with van der Waals surface area (Å²) in [5.74, 6) is -4.24. The molecule has 0 aromatic rings. The molecule has 1 amide bonds. The molecule has 0 aromatic carbocycles. The molecule has 0 aliphatic carbocycles. The van der Waals surface area contributed by atoms with Gasteiger partial charge in [-0.2, -0.15) is 0 Å². The predicted octanol–water partition coefficient (Wildman–Crippen LogP) is 2.29. The number of amides is 1. The van der Waals surface area contributed by atoms with Gasteiger partial charge in [0.25, 0.3) is 0 Å². The highest BCUT2D eigenvalue weighted by molar-refractivity contribution is 5.77. The van der Waals surface area contributed by atoms with Gasteiger partial charge in [0.2, 0.25) is 5.91 Å². The van der Waals surface area contributed by atoms with Crippen LogP contribution in [0.5, 0.6) is 0 Å². The number of aliphatic carboxylic acids is 4. The zero-order valence-corrected chi connectivity index (χ0v) is 30.8. The number of primary amides is 1. The van der Waals surface area contributed by atoms with Gasteiger partial charge in [-0.15, -0.1) is 0 Å². The Kier molecular flexibility index (Phi) is 38.3. The van der Waals surface area contributed by atoms with Gasteiger partial charge in [-0.25, -0.2) is 0 Å². The van der Waals surface area contributed by atoms with E-state index >= 15 is 0 Å². The van der Waals surface area contributed by atoms with E-state index in [1.165, 1.54) is 83.5 Å². The van der Waals surface area contributed by atoms with E-state index in [1.54, 1.807) is 0 Å². The maximum absolute atomic E-state index is 10.3. The van der Waals surface area contributed by atoms with Gasteiger partial charge in [0.15, 0.2) is 5.96 Å². The van der Waals surface area contributed by atoms with Crippen molar-refractivity contribution in [2.45, 2.75) is 153 Å². The molecule has 1 aliphatic heterocycles. The van der Waals surface area contributed by atoms with Crippen LogP contribution in [0.1, 0.15) is 135 Å². The summed E-state index contributed by atoms with van der Waals surface area (Å²) in [4.78, 5) is 50.8. The molecule has 3 atom stereocenters. The smallest absolute Gasteiger partial charge is 0.320 e. The molecule has 17 heteroatoms. The molecule has 1 saturated heterocycles. The quantitative estimate of drug-likeness (QED) is 0.0327. The third kappa shape index (κ3) is 44.4. The summed E-state index contributed by atoms with van der Waals surface area (Å²) in [6.45, 7) is 4.54. The SMILES string of the molecule is CCCCCCCCCCCCCCCCNCC(=O)O.N=C(N)NCCCC(N)C(=O)O.NC(=O)CCC(N)C(=O)O.O=C(O)[C@@H]1CCCN1. The summed E-state index contributed by atoms with van der Waals surface area (Å²) in [5.41, 5.74) is 20.0. The molecule has 51 heavy (non-hydrogen) atoms. The Morgan fingerprint density at radius 2 is 1.20 bits per heavy atom. The van der Waals surface area contributed by atoms with Gasteiger partial charge in [-0.1, -0.05) is 90.4 Å². The number of nitrogens with one attached hydrogen (secondary N) is 4. The van der Waals surface area contributed by atoms with Gasteiger partial charge < -0.3 is 59.3 Å². The van der Waals surface area contributed by atoms with E-state index in [4.69, 9.17) is 48.8 Å². The van der Waals surface area contributed by atoms with E-state index in [-0.39, 0.29) is 31.4 Å². The van der Waals surface area contributed by atoms with Crippen LogP contribution >= 0.6 is 0 Å². The Morgan fingerprint density at radius 1 is 0.725 bits per heavy atom. The molecule has 1 heterocycles. The topological polar surface area (TPSA) is 330 Å². The lowest BCUT2D eigenvalue weighted by atomic mass is 10.0. The molecule has 1 aliphatic rings. The van der Waals surface area contributed by atoms with Crippen molar-refractivity contribution in [3.05, 3.63) is 0 Å². The minimum absolute atomic E-state index is 0.0213. The Balaban J connectivity index is -0.000000650. The number of rotatable bonds is 27. The number of carboxylic acid groups (broad SMARTS) is 4. The van der Waals surface area contributed by atoms with E-state index < -0.39 is 41.9 Å². The second kappa shape index (κ2) is 37.7. The van der Waals surface area contributed by atoms with Crippen LogP contribution in [0.25, 0.3) is 0 Å². The van der Waals surface area contributed by atoms with Gasteiger partial charge in [0.1, 0.15) is 18.1 Å². The van der Waals surface area contributed by atoms with Crippen molar-refractivity contribution >= 4 is 35.7 Å². The molecule has 0 aromatic heterocycles. The lowest BCUT2D eigenvalue weighted by Crippen LogP contribution is -2.34. The highest BCUT2D eigenvalue weighted by Crippen LogP contribution is 2.12. The van der Waals surface area contributed by atoms with E-state index in [1.807, 2.05) is 0 Å². The summed E-state index contributed by atoms with van der Waals surface area (Å²) in [7, 11) is 0. The maximum atomic E-state index is 10.3. The van der Waals surface area contributed by atoms with Crippen LogP contribution in [0.3, 0.4) is 0 Å². The normalized spacial score (nSPS) is 14.2. The summed E-state index contributed by atoms with van der Waals surface area (Å²) in [5, 5.41) is 48.5. The van der Waals surface area contributed by atoms with Crippen molar-refractivity contribution in [3.8, 4) is 0 Å². The lowest BCUT2D eigenvalue weighted by molar-refractivity contribution is -0.139. The van der Waals surface area contributed by atoms with Crippen molar-refractivity contribution in [1.29, 1.82) is 5.41 Å². The first kappa shape index (κ1) is 51.8. The molecule has 1 rings (SSSR count). The maximum Gasteiger partial charge on any atom is 0.320 e. The first-order chi connectivity index (χ1) is 24.1. The van der Waals surface area contributed by atoms with Crippen LogP contribution in [-0.4, -0.2) is 100 Å². The third-order valence-electron chi connectivity index (χ3n) is 7.69. The third-order valence-corrected chi connectivity index (χ3v) is 7.69. The molecule has 0 radical (unpaired) electrons. The number of unbranched alkanes of at least 4 members (excludes halogenated alkanes) is 13. The van der Waals surface area contributed by atoms with Gasteiger partial charge in [-0.3, -0.25) is 29.4 Å². The Labute approximate surface area is 303 Å². The zero-order valence-electron chi connectivity index (χ0n) is 30.8. The van der Waals surface area contributed by atoms with Crippen LogP contribution < -0.4 is 38.9 Å². The molecule has 1 fully saturated rings. The fourth-order valence-electron chi connectivity index (χ4n) is 4.62. The van der Waals surface area contributed by atoms with Crippen molar-refractivity contribution < 1.29 is 44.4 Å². The van der Waals surface area contributed by atoms with Crippen molar-refractivity contribution in [2.75, 3.05) is 26.2 Å². The fraction of sp³-hybridized carbons (Fsp3) is 0.824. The summed E-state index contributed by atoms with van der Waals surface area (Å²) >= 11 is 0. The molecule has 0 spiro atoms. The Morgan fingerprint density at radius 3 is 1.55 bits per heavy atom. The van der Waals surface area contributed by atoms with Crippen LogP contribution in [0.2, 0.25) is 0 Å².